The highest BCUT2D eigenvalue weighted by molar-refractivity contribution is 9.10. The Morgan fingerprint density at radius 1 is 1.30 bits per heavy atom. The van der Waals surface area contributed by atoms with Gasteiger partial charge in [0.1, 0.15) is 5.69 Å². The molecule has 2 aliphatic rings. The Hall–Kier alpha value is -0.850. The number of amides is 1. The van der Waals surface area contributed by atoms with Crippen molar-refractivity contribution >= 4 is 21.8 Å². The van der Waals surface area contributed by atoms with E-state index in [-0.39, 0.29) is 12.0 Å². The predicted molar refractivity (Wildman–Crippen MR) is 79.6 cm³/mol. The van der Waals surface area contributed by atoms with E-state index in [0.29, 0.717) is 11.7 Å². The standard InChI is InChI=1S/C14H20BrN3O2/c15-10-8-11(16-9-10)14(20)18-6-4-17(5-7-18)12-2-1-3-13(12)19/h8-9,12-13,16,19H,1-7H2/t12-,13+/m1/s1. The lowest BCUT2D eigenvalue weighted by Crippen LogP contribution is -2.53. The summed E-state index contributed by atoms with van der Waals surface area (Å²) in [4.78, 5) is 19.5. The molecule has 0 radical (unpaired) electrons. The number of aliphatic hydroxyl groups is 1. The van der Waals surface area contributed by atoms with Crippen LogP contribution in [0.5, 0.6) is 0 Å². The number of rotatable bonds is 2. The molecule has 110 valence electrons. The number of aromatic nitrogens is 1. The number of carbonyl (C=O) groups is 1. The summed E-state index contributed by atoms with van der Waals surface area (Å²) in [6, 6.07) is 2.11. The molecule has 6 heteroatoms. The van der Waals surface area contributed by atoms with Crippen molar-refractivity contribution in [2.24, 2.45) is 0 Å². The van der Waals surface area contributed by atoms with Gasteiger partial charge in [0.05, 0.1) is 6.10 Å². The van der Waals surface area contributed by atoms with Gasteiger partial charge >= 0.3 is 0 Å². The van der Waals surface area contributed by atoms with Crippen LogP contribution in [0.1, 0.15) is 29.8 Å². The van der Waals surface area contributed by atoms with Crippen LogP contribution < -0.4 is 0 Å². The van der Waals surface area contributed by atoms with E-state index in [9.17, 15) is 9.90 Å². The van der Waals surface area contributed by atoms with Crippen molar-refractivity contribution in [2.75, 3.05) is 26.2 Å². The summed E-state index contributed by atoms with van der Waals surface area (Å²) in [7, 11) is 0. The van der Waals surface area contributed by atoms with Crippen LogP contribution >= 0.6 is 15.9 Å². The molecular weight excluding hydrogens is 322 g/mol. The molecule has 3 rings (SSSR count). The minimum Gasteiger partial charge on any atom is -0.391 e. The topological polar surface area (TPSA) is 59.6 Å². The van der Waals surface area contributed by atoms with Gasteiger partial charge in [-0.1, -0.05) is 0 Å². The number of nitrogens with zero attached hydrogens (tertiary/aromatic N) is 2. The van der Waals surface area contributed by atoms with E-state index in [4.69, 9.17) is 0 Å². The number of nitrogens with one attached hydrogen (secondary N) is 1. The van der Waals surface area contributed by atoms with Crippen LogP contribution in [-0.4, -0.2) is 64.1 Å². The summed E-state index contributed by atoms with van der Waals surface area (Å²) in [6.45, 7) is 3.18. The van der Waals surface area contributed by atoms with Gasteiger partial charge in [0.25, 0.3) is 5.91 Å². The molecule has 20 heavy (non-hydrogen) atoms. The van der Waals surface area contributed by atoms with E-state index in [1.54, 1.807) is 6.20 Å². The van der Waals surface area contributed by atoms with Gasteiger partial charge < -0.3 is 15.0 Å². The Kier molecular flexibility index (Phi) is 4.14. The molecule has 2 heterocycles. The molecule has 5 nitrogen and oxygen atoms in total. The predicted octanol–water partition coefficient (Wildman–Crippen LogP) is 1.45. The zero-order chi connectivity index (χ0) is 14.1. The molecule has 0 spiro atoms. The summed E-state index contributed by atoms with van der Waals surface area (Å²) >= 11 is 3.35. The first-order chi connectivity index (χ1) is 9.65. The monoisotopic (exact) mass is 341 g/mol. The fraction of sp³-hybridized carbons (Fsp3) is 0.643. The lowest BCUT2D eigenvalue weighted by atomic mass is 10.1. The molecule has 1 aromatic rings. The smallest absolute Gasteiger partial charge is 0.270 e. The molecule has 1 amide bonds. The largest absolute Gasteiger partial charge is 0.391 e. The van der Waals surface area contributed by atoms with Crippen molar-refractivity contribution in [1.82, 2.24) is 14.8 Å². The van der Waals surface area contributed by atoms with Crippen molar-refractivity contribution in [3.8, 4) is 0 Å². The third kappa shape index (κ3) is 2.77. The first kappa shape index (κ1) is 14.1. The highest BCUT2D eigenvalue weighted by Crippen LogP contribution is 2.25. The maximum Gasteiger partial charge on any atom is 0.270 e. The summed E-state index contributed by atoms with van der Waals surface area (Å²) in [5.74, 6) is 0.0577. The number of H-pyrrole nitrogens is 1. The second kappa shape index (κ2) is 5.87. The Balaban J connectivity index is 1.57. The zero-order valence-corrected chi connectivity index (χ0v) is 13.0. The molecule has 1 saturated carbocycles. The average molecular weight is 342 g/mol. The quantitative estimate of drug-likeness (QED) is 0.855. The first-order valence-corrected chi connectivity index (χ1v) is 8.00. The highest BCUT2D eigenvalue weighted by Gasteiger charge is 2.33. The van der Waals surface area contributed by atoms with Gasteiger partial charge in [0.15, 0.2) is 0 Å². The van der Waals surface area contributed by atoms with Gasteiger partial charge in [0.2, 0.25) is 0 Å². The Bertz CT molecular complexity index is 483. The Morgan fingerprint density at radius 3 is 2.60 bits per heavy atom. The number of carbonyl (C=O) groups excluding carboxylic acids is 1. The number of hydrogen-bond donors (Lipinski definition) is 2. The van der Waals surface area contributed by atoms with Crippen LogP contribution in [0, 0.1) is 0 Å². The van der Waals surface area contributed by atoms with Crippen molar-refractivity contribution in [3.05, 3.63) is 22.4 Å². The fourth-order valence-electron chi connectivity index (χ4n) is 3.27. The van der Waals surface area contributed by atoms with Gasteiger partial charge in [-0.3, -0.25) is 9.69 Å². The molecule has 1 saturated heterocycles. The van der Waals surface area contributed by atoms with Crippen LogP contribution in [0.15, 0.2) is 16.7 Å². The van der Waals surface area contributed by atoms with Gasteiger partial charge in [-0.15, -0.1) is 0 Å². The maximum absolute atomic E-state index is 12.3. The van der Waals surface area contributed by atoms with Crippen LogP contribution in [0.2, 0.25) is 0 Å². The molecule has 2 fully saturated rings. The number of aromatic amines is 1. The molecule has 0 aromatic carbocycles. The van der Waals surface area contributed by atoms with Crippen molar-refractivity contribution in [3.63, 3.8) is 0 Å². The Morgan fingerprint density at radius 2 is 2.05 bits per heavy atom. The fourth-order valence-corrected chi connectivity index (χ4v) is 3.61. The molecule has 2 N–H and O–H groups in total. The molecule has 0 unspecified atom stereocenters. The third-order valence-electron chi connectivity index (χ3n) is 4.39. The van der Waals surface area contributed by atoms with E-state index in [1.165, 1.54) is 0 Å². The Labute approximate surface area is 127 Å². The third-order valence-corrected chi connectivity index (χ3v) is 4.85. The molecule has 1 aliphatic heterocycles. The lowest BCUT2D eigenvalue weighted by molar-refractivity contribution is 0.0313. The van der Waals surface area contributed by atoms with E-state index < -0.39 is 0 Å². The normalized spacial score (nSPS) is 28.0. The summed E-state index contributed by atoms with van der Waals surface area (Å²) < 4.78 is 0.897. The highest BCUT2D eigenvalue weighted by atomic mass is 79.9. The van der Waals surface area contributed by atoms with E-state index >= 15 is 0 Å². The minimum absolute atomic E-state index is 0.0577. The minimum atomic E-state index is -0.184. The molecule has 1 aliphatic carbocycles. The first-order valence-electron chi connectivity index (χ1n) is 7.20. The number of aliphatic hydroxyl groups excluding tert-OH is 1. The van der Waals surface area contributed by atoms with E-state index in [2.05, 4.69) is 25.8 Å². The number of hydrogen-bond acceptors (Lipinski definition) is 3. The summed E-state index contributed by atoms with van der Waals surface area (Å²) in [6.07, 6.45) is 4.70. The van der Waals surface area contributed by atoms with Gasteiger partial charge in [-0.2, -0.15) is 0 Å². The average Bonchev–Trinajstić information content (AvgIpc) is 3.07. The lowest BCUT2D eigenvalue weighted by Gasteiger charge is -2.38. The second-order valence-electron chi connectivity index (χ2n) is 5.63. The van der Waals surface area contributed by atoms with Crippen LogP contribution in [0.25, 0.3) is 0 Å². The van der Waals surface area contributed by atoms with Crippen molar-refractivity contribution < 1.29 is 9.90 Å². The van der Waals surface area contributed by atoms with Crippen LogP contribution in [0.4, 0.5) is 0 Å². The van der Waals surface area contributed by atoms with Gasteiger partial charge in [-0.05, 0) is 41.3 Å². The number of piperazine rings is 1. The SMILES string of the molecule is O=C(c1cc(Br)c[nH]1)N1CCN([C@@H]2CCC[C@@H]2O)CC1. The van der Waals surface area contributed by atoms with Crippen LogP contribution in [0.3, 0.4) is 0 Å². The van der Waals surface area contributed by atoms with Crippen molar-refractivity contribution in [1.29, 1.82) is 0 Å². The van der Waals surface area contributed by atoms with E-state index in [0.717, 1.165) is 49.9 Å². The summed E-state index contributed by atoms with van der Waals surface area (Å²) in [5.41, 5.74) is 0.631. The van der Waals surface area contributed by atoms with Gasteiger partial charge in [-0.25, -0.2) is 0 Å². The molecule has 0 bridgehead atoms. The maximum atomic E-state index is 12.3. The van der Waals surface area contributed by atoms with Crippen LogP contribution in [-0.2, 0) is 0 Å². The van der Waals surface area contributed by atoms with E-state index in [1.807, 2.05) is 11.0 Å². The van der Waals surface area contributed by atoms with Crippen molar-refractivity contribution in [2.45, 2.75) is 31.4 Å². The zero-order valence-electron chi connectivity index (χ0n) is 11.4. The molecule has 1 aromatic heterocycles. The van der Waals surface area contributed by atoms with Gasteiger partial charge in [0, 0.05) is 42.9 Å². The number of halogens is 1. The molecular formula is C14H20BrN3O2. The second-order valence-corrected chi connectivity index (χ2v) is 6.54. The molecule has 2 atom stereocenters. The summed E-state index contributed by atoms with van der Waals surface area (Å²) in [5, 5.41) is 9.96.